The zero-order chi connectivity index (χ0) is 18.8. The second-order valence-corrected chi connectivity index (χ2v) is 7.91. The van der Waals surface area contributed by atoms with Gasteiger partial charge in [0, 0.05) is 10.6 Å². The van der Waals surface area contributed by atoms with E-state index in [1.807, 2.05) is 13.2 Å². The van der Waals surface area contributed by atoms with Gasteiger partial charge in [-0.2, -0.15) is 10.1 Å². The highest BCUT2D eigenvalue weighted by atomic mass is 32.2. The summed E-state index contributed by atoms with van der Waals surface area (Å²) in [6, 6.07) is 7.90. The van der Waals surface area contributed by atoms with E-state index in [2.05, 4.69) is 39.7 Å². The molecule has 1 saturated carbocycles. The quantitative estimate of drug-likeness (QED) is 0.630. The third-order valence-corrected chi connectivity index (χ3v) is 6.02. The van der Waals surface area contributed by atoms with Gasteiger partial charge in [-0.1, -0.05) is 18.6 Å². The van der Waals surface area contributed by atoms with Crippen LogP contribution in [0.3, 0.4) is 0 Å². The number of benzene rings is 1. The van der Waals surface area contributed by atoms with Gasteiger partial charge in [-0.3, -0.25) is 0 Å². The standard InChI is InChI=1S/C20H24N4O2S/c1-13-17(19(25)26-15-6-4-3-5-7-15)18(24-20(23-13)21-12-22-24)14-8-10-16(27-2)11-9-14/h8-12,15,18H,3-7H2,1-2H3,(H,21,22,23). The molecule has 142 valence electrons. The molecule has 7 heteroatoms. The predicted molar refractivity (Wildman–Crippen MR) is 106 cm³/mol. The summed E-state index contributed by atoms with van der Waals surface area (Å²) in [6.07, 6.45) is 8.95. The van der Waals surface area contributed by atoms with E-state index in [0.717, 1.165) is 36.9 Å². The maximum absolute atomic E-state index is 13.1. The van der Waals surface area contributed by atoms with Crippen LogP contribution in [0.4, 0.5) is 5.95 Å². The van der Waals surface area contributed by atoms with Gasteiger partial charge in [-0.15, -0.1) is 11.8 Å². The van der Waals surface area contributed by atoms with Gasteiger partial charge in [0.05, 0.1) is 5.57 Å². The number of esters is 1. The van der Waals surface area contributed by atoms with Crippen molar-refractivity contribution in [1.29, 1.82) is 0 Å². The van der Waals surface area contributed by atoms with Crippen molar-refractivity contribution in [2.75, 3.05) is 11.6 Å². The molecule has 1 aromatic carbocycles. The van der Waals surface area contributed by atoms with Gasteiger partial charge in [0.2, 0.25) is 5.95 Å². The smallest absolute Gasteiger partial charge is 0.338 e. The summed E-state index contributed by atoms with van der Waals surface area (Å²) in [6.45, 7) is 1.90. The molecule has 0 spiro atoms. The van der Waals surface area contributed by atoms with E-state index >= 15 is 0 Å². The van der Waals surface area contributed by atoms with E-state index in [9.17, 15) is 4.79 Å². The second-order valence-electron chi connectivity index (χ2n) is 7.03. The zero-order valence-corrected chi connectivity index (χ0v) is 16.5. The largest absolute Gasteiger partial charge is 0.459 e. The fraction of sp³-hybridized carbons (Fsp3) is 0.450. The van der Waals surface area contributed by atoms with Crippen molar-refractivity contribution in [2.45, 2.75) is 56.1 Å². The molecule has 4 rings (SSSR count). The van der Waals surface area contributed by atoms with Gasteiger partial charge < -0.3 is 10.1 Å². The molecule has 1 aromatic heterocycles. The molecule has 0 amide bonds. The maximum atomic E-state index is 13.1. The number of aromatic nitrogens is 3. The lowest BCUT2D eigenvalue weighted by atomic mass is 9.95. The summed E-state index contributed by atoms with van der Waals surface area (Å²) in [5.74, 6) is 0.382. The number of hydrogen-bond donors (Lipinski definition) is 1. The molecule has 27 heavy (non-hydrogen) atoms. The van der Waals surface area contributed by atoms with Crippen LogP contribution in [0.25, 0.3) is 0 Å². The Bertz CT molecular complexity index is 853. The summed E-state index contributed by atoms with van der Waals surface area (Å²) >= 11 is 1.69. The molecule has 1 N–H and O–H groups in total. The van der Waals surface area contributed by atoms with Crippen molar-refractivity contribution in [3.63, 3.8) is 0 Å². The van der Waals surface area contributed by atoms with Crippen molar-refractivity contribution < 1.29 is 9.53 Å². The summed E-state index contributed by atoms with van der Waals surface area (Å²) in [7, 11) is 0. The number of nitrogens with zero attached hydrogens (tertiary/aromatic N) is 3. The number of fused-ring (bicyclic) bond motifs is 1. The minimum Gasteiger partial charge on any atom is -0.459 e. The van der Waals surface area contributed by atoms with E-state index < -0.39 is 0 Å². The van der Waals surface area contributed by atoms with Gasteiger partial charge in [0.15, 0.2) is 0 Å². The van der Waals surface area contributed by atoms with Gasteiger partial charge in [0.25, 0.3) is 0 Å². The first kappa shape index (κ1) is 18.1. The number of anilines is 1. The molecule has 2 aromatic rings. The van der Waals surface area contributed by atoms with Crippen LogP contribution in [0, 0.1) is 0 Å². The van der Waals surface area contributed by atoms with Crippen LogP contribution in [0.2, 0.25) is 0 Å². The lowest BCUT2D eigenvalue weighted by molar-refractivity contribution is -0.146. The van der Waals surface area contributed by atoms with Crippen molar-refractivity contribution in [2.24, 2.45) is 0 Å². The number of carbonyl (C=O) groups excluding carboxylic acids is 1. The molecule has 0 radical (unpaired) electrons. The van der Waals surface area contributed by atoms with Crippen molar-refractivity contribution in [1.82, 2.24) is 14.8 Å². The van der Waals surface area contributed by atoms with Gasteiger partial charge in [-0.25, -0.2) is 9.48 Å². The fourth-order valence-corrected chi connectivity index (χ4v) is 4.26. The minimum absolute atomic E-state index is 0.0169. The topological polar surface area (TPSA) is 69.0 Å². The van der Waals surface area contributed by atoms with Crippen LogP contribution < -0.4 is 5.32 Å². The number of allylic oxidation sites excluding steroid dienone is 1. The molecule has 1 aliphatic heterocycles. The average molecular weight is 385 g/mol. The van der Waals surface area contributed by atoms with Crippen LogP contribution in [0.1, 0.15) is 50.6 Å². The fourth-order valence-electron chi connectivity index (χ4n) is 3.85. The van der Waals surface area contributed by atoms with Crippen LogP contribution in [0.15, 0.2) is 46.8 Å². The van der Waals surface area contributed by atoms with Crippen LogP contribution >= 0.6 is 11.8 Å². The Balaban J connectivity index is 1.68. The first-order chi connectivity index (χ1) is 13.2. The molecule has 0 saturated heterocycles. The van der Waals surface area contributed by atoms with Crippen LogP contribution in [-0.2, 0) is 9.53 Å². The predicted octanol–water partition coefficient (Wildman–Crippen LogP) is 4.16. The monoisotopic (exact) mass is 384 g/mol. The van der Waals surface area contributed by atoms with Gasteiger partial charge >= 0.3 is 5.97 Å². The molecule has 1 fully saturated rings. The zero-order valence-electron chi connectivity index (χ0n) is 15.6. The number of thioether (sulfide) groups is 1. The van der Waals surface area contributed by atoms with E-state index in [0.29, 0.717) is 11.5 Å². The van der Waals surface area contributed by atoms with Crippen molar-refractivity contribution in [3.05, 3.63) is 47.4 Å². The molecule has 2 aliphatic rings. The molecular weight excluding hydrogens is 360 g/mol. The summed E-state index contributed by atoms with van der Waals surface area (Å²) < 4.78 is 7.65. The molecule has 1 atom stereocenters. The van der Waals surface area contributed by atoms with Crippen LogP contribution in [-0.4, -0.2) is 33.1 Å². The summed E-state index contributed by atoms with van der Waals surface area (Å²) in [5.41, 5.74) is 2.38. The number of hydrogen-bond acceptors (Lipinski definition) is 6. The summed E-state index contributed by atoms with van der Waals surface area (Å²) in [5, 5.41) is 7.56. The van der Waals surface area contributed by atoms with Gasteiger partial charge in [-0.05, 0) is 56.6 Å². The Kier molecular flexibility index (Phi) is 5.20. The number of carbonyl (C=O) groups is 1. The average Bonchev–Trinajstić information content (AvgIpc) is 3.15. The number of ether oxygens (including phenoxy) is 1. The molecule has 6 nitrogen and oxygen atoms in total. The molecule has 1 unspecified atom stereocenters. The first-order valence-corrected chi connectivity index (χ1v) is 10.6. The molecule has 1 aliphatic carbocycles. The molecular formula is C20H24N4O2S. The van der Waals surface area contributed by atoms with E-state index in [4.69, 9.17) is 4.74 Å². The Morgan fingerprint density at radius 2 is 1.96 bits per heavy atom. The van der Waals surface area contributed by atoms with E-state index in [-0.39, 0.29) is 18.1 Å². The SMILES string of the molecule is CSc1ccc(C2C(C(=O)OC3CCCCC3)=C(C)Nc3ncnn32)cc1. The lowest BCUT2D eigenvalue weighted by Crippen LogP contribution is -2.32. The Labute approximate surface area is 163 Å². The molecule has 2 heterocycles. The number of nitrogens with one attached hydrogen (secondary N) is 1. The van der Waals surface area contributed by atoms with Gasteiger partial charge in [0.1, 0.15) is 18.5 Å². The lowest BCUT2D eigenvalue weighted by Gasteiger charge is -2.30. The number of rotatable bonds is 4. The highest BCUT2D eigenvalue weighted by Gasteiger charge is 2.35. The third kappa shape index (κ3) is 3.60. The second kappa shape index (κ2) is 7.76. The van der Waals surface area contributed by atoms with E-state index in [1.165, 1.54) is 17.6 Å². The molecule has 0 bridgehead atoms. The first-order valence-electron chi connectivity index (χ1n) is 9.39. The van der Waals surface area contributed by atoms with Crippen LogP contribution in [0.5, 0.6) is 0 Å². The Hall–Kier alpha value is -2.28. The highest BCUT2D eigenvalue weighted by Crippen LogP contribution is 2.36. The maximum Gasteiger partial charge on any atom is 0.338 e. The summed E-state index contributed by atoms with van der Waals surface area (Å²) in [4.78, 5) is 18.6. The normalized spacial score (nSPS) is 20.1. The minimum atomic E-state index is -0.337. The Morgan fingerprint density at radius 3 is 2.67 bits per heavy atom. The third-order valence-electron chi connectivity index (χ3n) is 5.27. The van der Waals surface area contributed by atoms with E-state index in [1.54, 1.807) is 16.4 Å². The van der Waals surface area contributed by atoms with Crippen molar-refractivity contribution >= 4 is 23.7 Å². The Morgan fingerprint density at radius 1 is 1.22 bits per heavy atom. The van der Waals surface area contributed by atoms with Crippen molar-refractivity contribution in [3.8, 4) is 0 Å². The highest BCUT2D eigenvalue weighted by molar-refractivity contribution is 7.98.